The number of carbonyl (C=O) groups is 2. The standard InChI is InChI=1S/C21H15Cl3N2O3/c1-29-19-5-3-2-4-18(19)26-21(28)15-10-12(22)7-9-17(15)25-20(27)14-8-6-13(23)11-16(14)24/h2-11H,1H3,(H,25,27)(H,26,28). The van der Waals surface area contributed by atoms with Crippen LogP contribution in [-0.4, -0.2) is 18.9 Å². The second-order valence-corrected chi connectivity index (χ2v) is 7.20. The van der Waals surface area contributed by atoms with E-state index in [1.54, 1.807) is 42.5 Å². The minimum atomic E-state index is -0.486. The maximum atomic E-state index is 12.9. The monoisotopic (exact) mass is 448 g/mol. The quantitative estimate of drug-likeness (QED) is 0.490. The van der Waals surface area contributed by atoms with E-state index in [0.29, 0.717) is 21.5 Å². The first-order chi connectivity index (χ1) is 13.9. The molecule has 0 saturated carbocycles. The number of nitrogens with one attached hydrogen (secondary N) is 2. The molecule has 0 saturated heterocycles. The Kier molecular flexibility index (Phi) is 6.64. The Morgan fingerprint density at radius 1 is 0.759 bits per heavy atom. The number of hydrogen-bond acceptors (Lipinski definition) is 3. The van der Waals surface area contributed by atoms with Crippen molar-refractivity contribution >= 4 is 58.0 Å². The molecule has 0 aliphatic rings. The van der Waals surface area contributed by atoms with E-state index in [1.165, 1.54) is 25.3 Å². The van der Waals surface area contributed by atoms with Crippen molar-refractivity contribution in [3.05, 3.63) is 86.9 Å². The lowest BCUT2D eigenvalue weighted by atomic mass is 10.1. The fraction of sp³-hybridized carbons (Fsp3) is 0.0476. The number of para-hydroxylation sites is 2. The Bertz CT molecular complexity index is 1090. The van der Waals surface area contributed by atoms with E-state index in [-0.39, 0.29) is 21.8 Å². The highest BCUT2D eigenvalue weighted by Crippen LogP contribution is 2.28. The molecule has 8 heteroatoms. The third-order valence-electron chi connectivity index (χ3n) is 4.01. The maximum Gasteiger partial charge on any atom is 0.257 e. The summed E-state index contributed by atoms with van der Waals surface area (Å²) in [5.74, 6) is -0.448. The molecule has 2 amide bonds. The van der Waals surface area contributed by atoms with Gasteiger partial charge in [0.05, 0.1) is 34.6 Å². The van der Waals surface area contributed by atoms with Gasteiger partial charge in [-0.05, 0) is 48.5 Å². The van der Waals surface area contributed by atoms with Gasteiger partial charge in [-0.15, -0.1) is 0 Å². The predicted octanol–water partition coefficient (Wildman–Crippen LogP) is 6.16. The van der Waals surface area contributed by atoms with Crippen molar-refractivity contribution in [3.63, 3.8) is 0 Å². The van der Waals surface area contributed by atoms with Crippen LogP contribution in [0.3, 0.4) is 0 Å². The van der Waals surface area contributed by atoms with E-state index >= 15 is 0 Å². The molecular weight excluding hydrogens is 435 g/mol. The van der Waals surface area contributed by atoms with Gasteiger partial charge in [0, 0.05) is 10.0 Å². The van der Waals surface area contributed by atoms with Crippen LogP contribution in [0.1, 0.15) is 20.7 Å². The molecule has 0 fully saturated rings. The Labute approximate surface area is 182 Å². The molecule has 0 atom stereocenters. The van der Waals surface area contributed by atoms with Gasteiger partial charge in [0.2, 0.25) is 0 Å². The van der Waals surface area contributed by atoms with Gasteiger partial charge in [0.25, 0.3) is 11.8 Å². The minimum absolute atomic E-state index is 0.182. The molecular formula is C21H15Cl3N2O3. The Hall–Kier alpha value is -2.73. The van der Waals surface area contributed by atoms with E-state index in [2.05, 4.69) is 10.6 Å². The molecule has 5 nitrogen and oxygen atoms in total. The van der Waals surface area contributed by atoms with Gasteiger partial charge in [0.1, 0.15) is 5.75 Å². The lowest BCUT2D eigenvalue weighted by Gasteiger charge is -2.14. The van der Waals surface area contributed by atoms with Crippen LogP contribution in [-0.2, 0) is 0 Å². The van der Waals surface area contributed by atoms with E-state index in [9.17, 15) is 9.59 Å². The second kappa shape index (κ2) is 9.18. The fourth-order valence-corrected chi connectivity index (χ4v) is 3.28. The average Bonchev–Trinajstić information content (AvgIpc) is 2.69. The first-order valence-corrected chi connectivity index (χ1v) is 9.52. The fourth-order valence-electron chi connectivity index (χ4n) is 2.61. The van der Waals surface area contributed by atoms with Crippen LogP contribution in [0.25, 0.3) is 0 Å². The number of anilines is 2. The molecule has 148 valence electrons. The number of hydrogen-bond donors (Lipinski definition) is 2. The van der Waals surface area contributed by atoms with E-state index in [1.807, 2.05) is 0 Å². The first-order valence-electron chi connectivity index (χ1n) is 8.39. The molecule has 2 N–H and O–H groups in total. The van der Waals surface area contributed by atoms with Crippen molar-refractivity contribution in [2.75, 3.05) is 17.7 Å². The minimum Gasteiger partial charge on any atom is -0.495 e. The molecule has 3 aromatic rings. The van der Waals surface area contributed by atoms with Gasteiger partial charge in [-0.3, -0.25) is 9.59 Å². The highest BCUT2D eigenvalue weighted by atomic mass is 35.5. The predicted molar refractivity (Wildman–Crippen MR) is 117 cm³/mol. The van der Waals surface area contributed by atoms with Gasteiger partial charge >= 0.3 is 0 Å². The SMILES string of the molecule is COc1ccccc1NC(=O)c1cc(Cl)ccc1NC(=O)c1ccc(Cl)cc1Cl. The second-order valence-electron chi connectivity index (χ2n) is 5.92. The number of halogens is 3. The molecule has 0 spiro atoms. The van der Waals surface area contributed by atoms with Gasteiger partial charge < -0.3 is 15.4 Å². The zero-order valence-electron chi connectivity index (χ0n) is 15.1. The van der Waals surface area contributed by atoms with Crippen LogP contribution in [0.15, 0.2) is 60.7 Å². The van der Waals surface area contributed by atoms with Crippen LogP contribution in [0.4, 0.5) is 11.4 Å². The normalized spacial score (nSPS) is 10.3. The number of ether oxygens (including phenoxy) is 1. The summed E-state index contributed by atoms with van der Waals surface area (Å²) >= 11 is 18.0. The Morgan fingerprint density at radius 3 is 2.10 bits per heavy atom. The number of methoxy groups -OCH3 is 1. The lowest BCUT2D eigenvalue weighted by molar-refractivity contribution is 0.102. The molecule has 0 bridgehead atoms. The summed E-state index contributed by atoms with van der Waals surface area (Å²) in [6.45, 7) is 0. The summed E-state index contributed by atoms with van der Waals surface area (Å²) in [5, 5.41) is 6.41. The van der Waals surface area contributed by atoms with Crippen LogP contribution in [0.2, 0.25) is 15.1 Å². The Balaban J connectivity index is 1.89. The molecule has 3 aromatic carbocycles. The molecule has 0 radical (unpaired) electrons. The number of carbonyl (C=O) groups excluding carboxylic acids is 2. The summed E-state index contributed by atoms with van der Waals surface area (Å²) in [6.07, 6.45) is 0. The van der Waals surface area contributed by atoms with Gasteiger partial charge in [0.15, 0.2) is 0 Å². The highest BCUT2D eigenvalue weighted by molar-refractivity contribution is 6.37. The van der Waals surface area contributed by atoms with Crippen LogP contribution >= 0.6 is 34.8 Å². The highest BCUT2D eigenvalue weighted by Gasteiger charge is 2.18. The summed E-state index contributed by atoms with van der Waals surface area (Å²) in [7, 11) is 1.51. The largest absolute Gasteiger partial charge is 0.495 e. The average molecular weight is 450 g/mol. The third kappa shape index (κ3) is 5.01. The number of rotatable bonds is 5. The van der Waals surface area contributed by atoms with E-state index in [4.69, 9.17) is 39.5 Å². The summed E-state index contributed by atoms with van der Waals surface area (Å²) in [6, 6.07) is 16.1. The van der Waals surface area contributed by atoms with Crippen LogP contribution < -0.4 is 15.4 Å². The third-order valence-corrected chi connectivity index (χ3v) is 4.79. The molecule has 0 unspecified atom stereocenters. The molecule has 0 aliphatic carbocycles. The van der Waals surface area contributed by atoms with Crippen molar-refractivity contribution in [3.8, 4) is 5.75 Å². The topological polar surface area (TPSA) is 67.4 Å². The molecule has 0 aromatic heterocycles. The Morgan fingerprint density at radius 2 is 1.38 bits per heavy atom. The van der Waals surface area contributed by atoms with Crippen molar-refractivity contribution < 1.29 is 14.3 Å². The van der Waals surface area contributed by atoms with Gasteiger partial charge in [-0.2, -0.15) is 0 Å². The van der Waals surface area contributed by atoms with Crippen LogP contribution in [0, 0.1) is 0 Å². The summed E-state index contributed by atoms with van der Waals surface area (Å²) < 4.78 is 5.25. The van der Waals surface area contributed by atoms with Gasteiger partial charge in [-0.25, -0.2) is 0 Å². The van der Waals surface area contributed by atoms with E-state index in [0.717, 1.165) is 0 Å². The molecule has 3 rings (SSSR count). The van der Waals surface area contributed by atoms with Crippen molar-refractivity contribution in [2.45, 2.75) is 0 Å². The molecule has 0 aliphatic heterocycles. The summed E-state index contributed by atoms with van der Waals surface area (Å²) in [4.78, 5) is 25.5. The summed E-state index contributed by atoms with van der Waals surface area (Å²) in [5.41, 5.74) is 1.17. The van der Waals surface area contributed by atoms with Crippen molar-refractivity contribution in [2.24, 2.45) is 0 Å². The zero-order chi connectivity index (χ0) is 21.0. The lowest BCUT2D eigenvalue weighted by Crippen LogP contribution is -2.19. The first kappa shape index (κ1) is 21.0. The van der Waals surface area contributed by atoms with Crippen LogP contribution in [0.5, 0.6) is 5.75 Å². The number of amides is 2. The van der Waals surface area contributed by atoms with Crippen molar-refractivity contribution in [1.82, 2.24) is 0 Å². The van der Waals surface area contributed by atoms with Crippen molar-refractivity contribution in [1.29, 1.82) is 0 Å². The number of benzene rings is 3. The molecule has 29 heavy (non-hydrogen) atoms. The maximum absolute atomic E-state index is 12.9. The zero-order valence-corrected chi connectivity index (χ0v) is 17.4. The smallest absolute Gasteiger partial charge is 0.257 e. The van der Waals surface area contributed by atoms with Gasteiger partial charge in [-0.1, -0.05) is 46.9 Å². The van der Waals surface area contributed by atoms with E-state index < -0.39 is 11.8 Å². The molecule has 0 heterocycles.